The number of nitrogens with one attached hydrogen (secondary N) is 1. The van der Waals surface area contributed by atoms with E-state index in [0.29, 0.717) is 22.0 Å². The van der Waals surface area contributed by atoms with Crippen molar-refractivity contribution in [3.05, 3.63) is 69.0 Å². The molecule has 0 saturated heterocycles. The van der Waals surface area contributed by atoms with E-state index in [2.05, 4.69) is 5.32 Å². The van der Waals surface area contributed by atoms with Crippen LogP contribution in [-0.4, -0.2) is 6.54 Å². The molecule has 4 heteroatoms. The minimum atomic E-state index is -0.267. The topological polar surface area (TPSA) is 12.0 Å². The van der Waals surface area contributed by atoms with Crippen LogP contribution in [0.1, 0.15) is 29.7 Å². The fourth-order valence-corrected chi connectivity index (χ4v) is 2.97. The van der Waals surface area contributed by atoms with Gasteiger partial charge in [-0.3, -0.25) is 0 Å². The summed E-state index contributed by atoms with van der Waals surface area (Å²) in [6.45, 7) is 4.83. The predicted octanol–water partition coefficient (Wildman–Crippen LogP) is 5.33. The monoisotopic (exact) mass is 325 g/mol. The third-order valence-corrected chi connectivity index (χ3v) is 4.12. The molecule has 21 heavy (non-hydrogen) atoms. The van der Waals surface area contributed by atoms with Gasteiger partial charge >= 0.3 is 0 Å². The lowest BCUT2D eigenvalue weighted by atomic mass is 9.95. The summed E-state index contributed by atoms with van der Waals surface area (Å²) in [5, 5.41) is 4.56. The summed E-state index contributed by atoms with van der Waals surface area (Å²) >= 11 is 12.1. The number of benzene rings is 2. The van der Waals surface area contributed by atoms with Crippen molar-refractivity contribution in [1.29, 1.82) is 0 Å². The van der Waals surface area contributed by atoms with Crippen LogP contribution in [0.4, 0.5) is 4.39 Å². The number of hydrogen-bond acceptors (Lipinski definition) is 1. The second-order valence-corrected chi connectivity index (χ2v) is 5.86. The van der Waals surface area contributed by atoms with E-state index in [4.69, 9.17) is 23.2 Å². The van der Waals surface area contributed by atoms with Crippen LogP contribution in [0.15, 0.2) is 36.4 Å². The van der Waals surface area contributed by atoms with E-state index in [1.165, 1.54) is 6.07 Å². The van der Waals surface area contributed by atoms with E-state index in [0.717, 1.165) is 17.7 Å². The molecule has 0 fully saturated rings. The smallest absolute Gasteiger partial charge is 0.127 e. The highest BCUT2D eigenvalue weighted by Crippen LogP contribution is 2.28. The van der Waals surface area contributed by atoms with Crippen molar-refractivity contribution in [3.63, 3.8) is 0 Å². The Balaban J connectivity index is 2.35. The Kier molecular flexibility index (Phi) is 5.63. The zero-order valence-corrected chi connectivity index (χ0v) is 13.6. The Labute approximate surface area is 135 Å². The molecule has 0 aromatic heterocycles. The van der Waals surface area contributed by atoms with Gasteiger partial charge in [0, 0.05) is 21.7 Å². The van der Waals surface area contributed by atoms with Crippen LogP contribution in [-0.2, 0) is 6.42 Å². The highest BCUT2D eigenvalue weighted by atomic mass is 35.5. The van der Waals surface area contributed by atoms with Crippen LogP contribution in [0, 0.1) is 12.7 Å². The van der Waals surface area contributed by atoms with E-state index < -0.39 is 0 Å². The molecule has 2 aromatic carbocycles. The van der Waals surface area contributed by atoms with Gasteiger partial charge in [-0.1, -0.05) is 42.3 Å². The van der Waals surface area contributed by atoms with Crippen molar-refractivity contribution in [2.24, 2.45) is 0 Å². The third kappa shape index (κ3) is 3.97. The number of likely N-dealkylation sites (N-methyl/N-ethyl adjacent to an activating group) is 1. The predicted molar refractivity (Wildman–Crippen MR) is 87.7 cm³/mol. The van der Waals surface area contributed by atoms with Gasteiger partial charge in [0.05, 0.1) is 0 Å². The Bertz CT molecular complexity index is 608. The van der Waals surface area contributed by atoms with E-state index >= 15 is 0 Å². The number of halogens is 3. The number of hydrogen-bond donors (Lipinski definition) is 1. The fourth-order valence-electron chi connectivity index (χ4n) is 2.50. The first-order valence-corrected chi connectivity index (χ1v) is 7.70. The lowest BCUT2D eigenvalue weighted by Crippen LogP contribution is -2.24. The second-order valence-electron chi connectivity index (χ2n) is 5.02. The molecular formula is C17H18Cl2FN. The molecular weight excluding hydrogens is 308 g/mol. The Morgan fingerprint density at radius 1 is 1.19 bits per heavy atom. The molecule has 1 unspecified atom stereocenters. The lowest BCUT2D eigenvalue weighted by Gasteiger charge is -2.21. The van der Waals surface area contributed by atoms with Crippen molar-refractivity contribution in [2.45, 2.75) is 26.3 Å². The van der Waals surface area contributed by atoms with Gasteiger partial charge in [0.15, 0.2) is 0 Å². The maximum Gasteiger partial charge on any atom is 0.127 e. The van der Waals surface area contributed by atoms with E-state index in [1.807, 2.05) is 32.0 Å². The van der Waals surface area contributed by atoms with Gasteiger partial charge in [0.25, 0.3) is 0 Å². The molecule has 0 radical (unpaired) electrons. The Hall–Kier alpha value is -1.09. The molecule has 2 aromatic rings. The van der Waals surface area contributed by atoms with Gasteiger partial charge in [-0.15, -0.1) is 0 Å². The molecule has 1 N–H and O–H groups in total. The summed E-state index contributed by atoms with van der Waals surface area (Å²) in [5.41, 5.74) is 2.74. The molecule has 0 spiro atoms. The first-order valence-electron chi connectivity index (χ1n) is 6.95. The van der Waals surface area contributed by atoms with E-state index in [9.17, 15) is 4.39 Å². The van der Waals surface area contributed by atoms with Crippen LogP contribution in [0.2, 0.25) is 10.0 Å². The molecule has 0 aliphatic carbocycles. The normalized spacial score (nSPS) is 12.4. The molecule has 1 atom stereocenters. The summed E-state index contributed by atoms with van der Waals surface area (Å²) < 4.78 is 14.0. The van der Waals surface area contributed by atoms with Gasteiger partial charge in [-0.25, -0.2) is 4.39 Å². The molecule has 1 nitrogen and oxygen atoms in total. The first kappa shape index (κ1) is 16.3. The summed E-state index contributed by atoms with van der Waals surface area (Å²) in [6, 6.07) is 10.6. The molecule has 0 bridgehead atoms. The SMILES string of the molecule is CCNC(Cc1c(F)cccc1Cl)c1ccc(Cl)cc1C. The van der Waals surface area contributed by atoms with Gasteiger partial charge < -0.3 is 5.32 Å². The highest BCUT2D eigenvalue weighted by Gasteiger charge is 2.17. The van der Waals surface area contributed by atoms with Crippen molar-refractivity contribution >= 4 is 23.2 Å². The molecule has 112 valence electrons. The molecule has 0 heterocycles. The Morgan fingerprint density at radius 3 is 2.57 bits per heavy atom. The van der Waals surface area contributed by atoms with E-state index in [-0.39, 0.29) is 11.9 Å². The lowest BCUT2D eigenvalue weighted by molar-refractivity contribution is 0.526. The van der Waals surface area contributed by atoms with Crippen LogP contribution in [0.25, 0.3) is 0 Å². The molecule has 0 aliphatic heterocycles. The van der Waals surface area contributed by atoms with Gasteiger partial charge in [-0.2, -0.15) is 0 Å². The zero-order chi connectivity index (χ0) is 15.4. The van der Waals surface area contributed by atoms with E-state index in [1.54, 1.807) is 12.1 Å². The largest absolute Gasteiger partial charge is 0.310 e. The van der Waals surface area contributed by atoms with Crippen molar-refractivity contribution in [2.75, 3.05) is 6.54 Å². The van der Waals surface area contributed by atoms with Crippen LogP contribution in [0.5, 0.6) is 0 Å². The molecule has 0 aliphatic rings. The number of rotatable bonds is 5. The minimum Gasteiger partial charge on any atom is -0.310 e. The van der Waals surface area contributed by atoms with Crippen molar-refractivity contribution in [3.8, 4) is 0 Å². The molecule has 0 amide bonds. The quantitative estimate of drug-likeness (QED) is 0.782. The van der Waals surface area contributed by atoms with Crippen LogP contribution in [0.3, 0.4) is 0 Å². The van der Waals surface area contributed by atoms with Gasteiger partial charge in [0.1, 0.15) is 5.82 Å². The standard InChI is InChI=1S/C17H18Cl2FN/c1-3-21-17(13-8-7-12(18)9-11(13)2)10-14-15(19)5-4-6-16(14)20/h4-9,17,21H,3,10H2,1-2H3. The molecule has 2 rings (SSSR count). The van der Waals surface area contributed by atoms with Crippen LogP contribution >= 0.6 is 23.2 Å². The second kappa shape index (κ2) is 7.26. The zero-order valence-electron chi connectivity index (χ0n) is 12.1. The summed E-state index contributed by atoms with van der Waals surface area (Å²) in [6.07, 6.45) is 0.502. The fraction of sp³-hybridized carbons (Fsp3) is 0.294. The van der Waals surface area contributed by atoms with Crippen molar-refractivity contribution in [1.82, 2.24) is 5.32 Å². The van der Waals surface area contributed by atoms with Gasteiger partial charge in [-0.05, 0) is 55.3 Å². The highest BCUT2D eigenvalue weighted by molar-refractivity contribution is 6.31. The maximum absolute atomic E-state index is 14.0. The summed E-state index contributed by atoms with van der Waals surface area (Å²) in [4.78, 5) is 0. The average Bonchev–Trinajstić information content (AvgIpc) is 2.42. The summed E-state index contributed by atoms with van der Waals surface area (Å²) in [5.74, 6) is -0.267. The number of aryl methyl sites for hydroxylation is 1. The Morgan fingerprint density at radius 2 is 1.95 bits per heavy atom. The third-order valence-electron chi connectivity index (χ3n) is 3.53. The van der Waals surface area contributed by atoms with Crippen molar-refractivity contribution < 1.29 is 4.39 Å². The van der Waals surface area contributed by atoms with Gasteiger partial charge in [0.2, 0.25) is 0 Å². The molecule has 0 saturated carbocycles. The summed E-state index contributed by atoms with van der Waals surface area (Å²) in [7, 11) is 0. The van der Waals surface area contributed by atoms with Crippen LogP contribution < -0.4 is 5.32 Å². The average molecular weight is 326 g/mol. The first-order chi connectivity index (χ1) is 10.0. The maximum atomic E-state index is 14.0. The minimum absolute atomic E-state index is 0.00154.